The van der Waals surface area contributed by atoms with E-state index in [0.717, 1.165) is 30.7 Å². The third-order valence-corrected chi connectivity index (χ3v) is 4.37. The largest absolute Gasteiger partial charge is 0.449 e. The number of piperazine rings is 1. The van der Waals surface area contributed by atoms with Crippen molar-refractivity contribution in [2.24, 2.45) is 0 Å². The summed E-state index contributed by atoms with van der Waals surface area (Å²) in [5.74, 6) is -0.957. The summed E-state index contributed by atoms with van der Waals surface area (Å²) in [6.45, 7) is 3.65. The van der Waals surface area contributed by atoms with Crippen molar-refractivity contribution < 1.29 is 18.3 Å². The molecule has 0 radical (unpaired) electrons. The third-order valence-electron chi connectivity index (χ3n) is 4.37. The van der Waals surface area contributed by atoms with E-state index in [4.69, 9.17) is 0 Å². The molecule has 0 saturated carbocycles. The molecule has 1 aliphatic rings. The first kappa shape index (κ1) is 17.2. The van der Waals surface area contributed by atoms with Gasteiger partial charge < -0.3 is 14.6 Å². The molecule has 0 bridgehead atoms. The molecule has 1 aromatic heterocycles. The van der Waals surface area contributed by atoms with E-state index in [1.807, 2.05) is 7.05 Å². The molecule has 0 spiro atoms. The fourth-order valence-corrected chi connectivity index (χ4v) is 3.07. The highest BCUT2D eigenvalue weighted by molar-refractivity contribution is 5.76. The fourth-order valence-electron chi connectivity index (χ4n) is 3.07. The number of nitrogens with zero attached hydrogens (tertiary/aromatic N) is 4. The predicted octanol–water partition coefficient (Wildman–Crippen LogP) is 1.66. The van der Waals surface area contributed by atoms with Crippen LogP contribution in [0.3, 0.4) is 0 Å². The van der Waals surface area contributed by atoms with Gasteiger partial charge in [-0.15, -0.1) is 0 Å². The molecule has 0 amide bonds. The SMILES string of the molecule is CN1CCN(CC(O)Cn2c(C(F)(F)F)nc3ccccc32)CC1. The lowest BCUT2D eigenvalue weighted by Gasteiger charge is -2.33. The van der Waals surface area contributed by atoms with Crippen LogP contribution < -0.4 is 0 Å². The number of benzene rings is 1. The number of hydrogen-bond acceptors (Lipinski definition) is 4. The Morgan fingerprint density at radius 2 is 1.79 bits per heavy atom. The normalized spacial score (nSPS) is 19.0. The first-order valence-electron chi connectivity index (χ1n) is 7.96. The van der Waals surface area contributed by atoms with Crippen LogP contribution in [0.4, 0.5) is 13.2 Å². The van der Waals surface area contributed by atoms with E-state index in [-0.39, 0.29) is 12.1 Å². The first-order chi connectivity index (χ1) is 11.3. The van der Waals surface area contributed by atoms with Gasteiger partial charge in [-0.05, 0) is 19.2 Å². The highest BCUT2D eigenvalue weighted by atomic mass is 19.4. The molecule has 1 N–H and O–H groups in total. The lowest BCUT2D eigenvalue weighted by molar-refractivity contribution is -0.147. The van der Waals surface area contributed by atoms with E-state index in [9.17, 15) is 18.3 Å². The summed E-state index contributed by atoms with van der Waals surface area (Å²) in [6.07, 6.45) is -5.43. The lowest BCUT2D eigenvalue weighted by Crippen LogP contribution is -2.47. The molecule has 8 heteroatoms. The Morgan fingerprint density at radius 1 is 1.12 bits per heavy atom. The minimum absolute atomic E-state index is 0.123. The van der Waals surface area contributed by atoms with Gasteiger partial charge in [-0.1, -0.05) is 12.1 Å². The predicted molar refractivity (Wildman–Crippen MR) is 84.7 cm³/mol. The summed E-state index contributed by atoms with van der Waals surface area (Å²) >= 11 is 0. The molecular weight excluding hydrogens is 321 g/mol. The number of halogens is 3. The summed E-state index contributed by atoms with van der Waals surface area (Å²) < 4.78 is 40.9. The number of para-hydroxylation sites is 2. The van der Waals surface area contributed by atoms with Crippen molar-refractivity contribution in [3.8, 4) is 0 Å². The summed E-state index contributed by atoms with van der Waals surface area (Å²) in [5.41, 5.74) is 0.680. The third kappa shape index (κ3) is 3.71. The zero-order valence-corrected chi connectivity index (χ0v) is 13.5. The van der Waals surface area contributed by atoms with Crippen LogP contribution in [0.25, 0.3) is 11.0 Å². The number of aromatic nitrogens is 2. The molecule has 2 heterocycles. The Labute approximate surface area is 138 Å². The van der Waals surface area contributed by atoms with E-state index < -0.39 is 18.1 Å². The van der Waals surface area contributed by atoms with Crippen molar-refractivity contribution in [3.05, 3.63) is 30.1 Å². The van der Waals surface area contributed by atoms with E-state index >= 15 is 0 Å². The number of aliphatic hydroxyl groups is 1. The highest BCUT2D eigenvalue weighted by Gasteiger charge is 2.38. The summed E-state index contributed by atoms with van der Waals surface area (Å²) in [6, 6.07) is 6.47. The van der Waals surface area contributed by atoms with Crippen molar-refractivity contribution in [3.63, 3.8) is 0 Å². The van der Waals surface area contributed by atoms with Gasteiger partial charge in [0.1, 0.15) is 0 Å². The van der Waals surface area contributed by atoms with E-state index in [1.54, 1.807) is 24.3 Å². The summed E-state index contributed by atoms with van der Waals surface area (Å²) in [7, 11) is 2.03. The number of imidazole rings is 1. The van der Waals surface area contributed by atoms with Crippen LogP contribution in [0.1, 0.15) is 5.82 Å². The second kappa shape index (κ2) is 6.70. The van der Waals surface area contributed by atoms with Gasteiger partial charge >= 0.3 is 6.18 Å². The average Bonchev–Trinajstić information content (AvgIpc) is 2.89. The average molecular weight is 342 g/mol. The van der Waals surface area contributed by atoms with Crippen molar-refractivity contribution in [1.29, 1.82) is 0 Å². The minimum Gasteiger partial charge on any atom is -0.390 e. The molecule has 2 aromatic rings. The van der Waals surface area contributed by atoms with Gasteiger partial charge in [-0.25, -0.2) is 4.98 Å². The molecule has 0 aliphatic carbocycles. The first-order valence-corrected chi connectivity index (χ1v) is 7.96. The number of likely N-dealkylation sites (N-methyl/N-ethyl adjacent to an activating group) is 1. The molecule has 3 rings (SSSR count). The van der Waals surface area contributed by atoms with Crippen molar-refractivity contribution in [2.75, 3.05) is 39.8 Å². The van der Waals surface area contributed by atoms with Gasteiger partial charge in [-0.3, -0.25) is 4.90 Å². The van der Waals surface area contributed by atoms with Crippen molar-refractivity contribution in [2.45, 2.75) is 18.8 Å². The van der Waals surface area contributed by atoms with E-state index in [2.05, 4.69) is 14.8 Å². The van der Waals surface area contributed by atoms with Crippen LogP contribution in [-0.2, 0) is 12.7 Å². The van der Waals surface area contributed by atoms with Gasteiger partial charge in [0, 0.05) is 32.7 Å². The number of rotatable bonds is 4. The Hall–Kier alpha value is -1.64. The second-order valence-corrected chi connectivity index (χ2v) is 6.29. The molecule has 24 heavy (non-hydrogen) atoms. The molecule has 1 aromatic carbocycles. The number of alkyl halides is 3. The van der Waals surface area contributed by atoms with Crippen molar-refractivity contribution >= 4 is 11.0 Å². The Balaban J connectivity index is 1.78. The van der Waals surface area contributed by atoms with Gasteiger partial charge in [0.2, 0.25) is 5.82 Å². The Bertz CT molecular complexity index is 692. The number of hydrogen-bond donors (Lipinski definition) is 1. The Kier molecular flexibility index (Phi) is 4.80. The molecule has 1 fully saturated rings. The molecular formula is C16H21F3N4O. The Morgan fingerprint density at radius 3 is 2.46 bits per heavy atom. The fraction of sp³-hybridized carbons (Fsp3) is 0.562. The molecule has 132 valence electrons. The quantitative estimate of drug-likeness (QED) is 0.918. The van der Waals surface area contributed by atoms with Gasteiger partial charge in [0.05, 0.1) is 23.7 Å². The summed E-state index contributed by atoms with van der Waals surface area (Å²) in [4.78, 5) is 7.97. The highest BCUT2D eigenvalue weighted by Crippen LogP contribution is 2.31. The van der Waals surface area contributed by atoms with Crippen LogP contribution in [-0.4, -0.2) is 70.3 Å². The number of β-amino-alcohol motifs (C(OH)–C–C–N with tert-alkyl or cyclic N) is 1. The molecule has 1 unspecified atom stereocenters. The molecule has 1 atom stereocenters. The van der Waals surface area contributed by atoms with E-state index in [1.165, 1.54) is 0 Å². The van der Waals surface area contributed by atoms with Gasteiger partial charge in [-0.2, -0.15) is 13.2 Å². The van der Waals surface area contributed by atoms with E-state index in [0.29, 0.717) is 12.1 Å². The number of aliphatic hydroxyl groups excluding tert-OH is 1. The molecule has 1 aliphatic heterocycles. The van der Waals surface area contributed by atoms with Crippen LogP contribution in [0.15, 0.2) is 24.3 Å². The lowest BCUT2D eigenvalue weighted by atomic mass is 10.2. The molecule has 5 nitrogen and oxygen atoms in total. The smallest absolute Gasteiger partial charge is 0.390 e. The molecule has 1 saturated heterocycles. The zero-order valence-electron chi connectivity index (χ0n) is 13.5. The summed E-state index contributed by atoms with van der Waals surface area (Å²) in [5, 5.41) is 10.3. The zero-order chi connectivity index (χ0) is 17.3. The van der Waals surface area contributed by atoms with Crippen LogP contribution >= 0.6 is 0 Å². The van der Waals surface area contributed by atoms with Crippen LogP contribution in [0.2, 0.25) is 0 Å². The van der Waals surface area contributed by atoms with Crippen molar-refractivity contribution in [1.82, 2.24) is 19.4 Å². The standard InChI is InChI=1S/C16H21F3N4O/c1-21-6-8-22(9-7-21)10-12(24)11-23-14-5-3-2-4-13(14)20-15(23)16(17,18)19/h2-5,12,24H,6-11H2,1H3. The maximum absolute atomic E-state index is 13.3. The van der Waals surface area contributed by atoms with Crippen LogP contribution in [0.5, 0.6) is 0 Å². The second-order valence-electron chi connectivity index (χ2n) is 6.29. The van der Waals surface area contributed by atoms with Gasteiger partial charge in [0.15, 0.2) is 0 Å². The maximum Gasteiger partial charge on any atom is 0.449 e. The van der Waals surface area contributed by atoms with Crippen LogP contribution in [0, 0.1) is 0 Å². The minimum atomic E-state index is -4.55. The van der Waals surface area contributed by atoms with Gasteiger partial charge in [0.25, 0.3) is 0 Å². The monoisotopic (exact) mass is 342 g/mol. The number of fused-ring (bicyclic) bond motifs is 1. The maximum atomic E-state index is 13.3. The topological polar surface area (TPSA) is 44.5 Å².